The molecule has 2 atom stereocenters. The molecule has 7 heteroatoms. The molecule has 2 aliphatic heterocycles. The first-order valence-corrected chi connectivity index (χ1v) is 8.45. The van der Waals surface area contributed by atoms with Crippen LogP contribution in [0.3, 0.4) is 0 Å². The Bertz CT molecular complexity index is 687. The van der Waals surface area contributed by atoms with Gasteiger partial charge in [-0.15, -0.1) is 0 Å². The molecule has 2 aliphatic rings. The first-order valence-electron chi connectivity index (χ1n) is 8.45. The molecule has 2 fully saturated rings. The Morgan fingerprint density at radius 3 is 2.28 bits per heavy atom. The number of carbonyl (C=O) groups excluding carboxylic acids is 1. The zero-order valence-corrected chi connectivity index (χ0v) is 14.7. The highest BCUT2D eigenvalue weighted by Crippen LogP contribution is 2.36. The summed E-state index contributed by atoms with van der Waals surface area (Å²) in [7, 11) is 0. The van der Waals surface area contributed by atoms with E-state index in [0.29, 0.717) is 18.8 Å². The number of fused-ring (bicyclic) bond motifs is 2. The number of carbonyl (C=O) groups is 2. The molecular formula is C18H23FN2O4. The van der Waals surface area contributed by atoms with E-state index in [4.69, 9.17) is 9.84 Å². The number of amides is 1. The number of piperazine rings is 1. The van der Waals surface area contributed by atoms with Gasteiger partial charge < -0.3 is 19.6 Å². The van der Waals surface area contributed by atoms with E-state index >= 15 is 0 Å². The molecule has 0 aliphatic carbocycles. The van der Waals surface area contributed by atoms with Crippen molar-refractivity contribution in [2.24, 2.45) is 0 Å². The quantitative estimate of drug-likeness (QED) is 0.887. The van der Waals surface area contributed by atoms with Gasteiger partial charge in [-0.3, -0.25) is 0 Å². The zero-order valence-electron chi connectivity index (χ0n) is 14.7. The Morgan fingerprint density at radius 2 is 1.80 bits per heavy atom. The van der Waals surface area contributed by atoms with Gasteiger partial charge in [0.15, 0.2) is 0 Å². The topological polar surface area (TPSA) is 70.1 Å². The Balaban J connectivity index is 1.76. The number of carboxylic acids is 1. The number of rotatable bonds is 2. The number of aromatic carboxylic acids is 1. The first kappa shape index (κ1) is 17.5. The van der Waals surface area contributed by atoms with Crippen molar-refractivity contribution in [3.05, 3.63) is 29.6 Å². The van der Waals surface area contributed by atoms with Gasteiger partial charge in [0.25, 0.3) is 0 Å². The van der Waals surface area contributed by atoms with Crippen molar-refractivity contribution in [2.45, 2.75) is 51.3 Å². The second-order valence-corrected chi connectivity index (χ2v) is 7.65. The van der Waals surface area contributed by atoms with Gasteiger partial charge >= 0.3 is 12.1 Å². The van der Waals surface area contributed by atoms with Crippen molar-refractivity contribution in [3.63, 3.8) is 0 Å². The molecule has 2 bridgehead atoms. The summed E-state index contributed by atoms with van der Waals surface area (Å²) in [6.07, 6.45) is 1.50. The second kappa shape index (κ2) is 6.20. The van der Waals surface area contributed by atoms with Crippen LogP contribution in [0, 0.1) is 5.82 Å². The fourth-order valence-corrected chi connectivity index (χ4v) is 3.64. The van der Waals surface area contributed by atoms with E-state index < -0.39 is 17.4 Å². The summed E-state index contributed by atoms with van der Waals surface area (Å²) in [5.41, 5.74) is -0.203. The van der Waals surface area contributed by atoms with Crippen LogP contribution < -0.4 is 4.90 Å². The molecule has 0 aromatic heterocycles. The lowest BCUT2D eigenvalue weighted by molar-refractivity contribution is 0.0209. The van der Waals surface area contributed by atoms with Crippen molar-refractivity contribution in [1.29, 1.82) is 0 Å². The van der Waals surface area contributed by atoms with Crippen LogP contribution in [-0.4, -0.2) is 52.8 Å². The lowest BCUT2D eigenvalue weighted by Crippen LogP contribution is -2.56. The highest BCUT2D eigenvalue weighted by Gasteiger charge is 2.42. The van der Waals surface area contributed by atoms with Crippen molar-refractivity contribution < 1.29 is 23.8 Å². The fourth-order valence-electron chi connectivity index (χ4n) is 3.64. The van der Waals surface area contributed by atoms with Crippen LogP contribution >= 0.6 is 0 Å². The van der Waals surface area contributed by atoms with Crippen molar-refractivity contribution in [1.82, 2.24) is 4.90 Å². The average Bonchev–Trinajstić information content (AvgIpc) is 2.74. The number of nitrogens with zero attached hydrogens (tertiary/aromatic N) is 2. The molecule has 0 saturated carbocycles. The zero-order chi connectivity index (χ0) is 18.4. The lowest BCUT2D eigenvalue weighted by atomic mass is 10.1. The van der Waals surface area contributed by atoms with Crippen molar-refractivity contribution in [3.8, 4) is 0 Å². The second-order valence-electron chi connectivity index (χ2n) is 7.65. The minimum Gasteiger partial charge on any atom is -0.478 e. The van der Waals surface area contributed by atoms with Gasteiger partial charge in [0.2, 0.25) is 0 Å². The van der Waals surface area contributed by atoms with E-state index in [1.807, 2.05) is 20.8 Å². The number of anilines is 1. The first-order chi connectivity index (χ1) is 11.7. The number of likely N-dealkylation sites (tertiary alicyclic amines) is 1. The summed E-state index contributed by atoms with van der Waals surface area (Å²) >= 11 is 0. The Morgan fingerprint density at radius 1 is 1.20 bits per heavy atom. The average molecular weight is 350 g/mol. The molecule has 1 aromatic rings. The van der Waals surface area contributed by atoms with Crippen LogP contribution in [0.15, 0.2) is 18.2 Å². The highest BCUT2D eigenvalue weighted by molar-refractivity contribution is 5.88. The van der Waals surface area contributed by atoms with E-state index in [1.165, 1.54) is 12.1 Å². The van der Waals surface area contributed by atoms with Crippen LogP contribution in [0.25, 0.3) is 0 Å². The van der Waals surface area contributed by atoms with Crippen LogP contribution in [-0.2, 0) is 4.74 Å². The molecule has 2 heterocycles. The van der Waals surface area contributed by atoms with Gasteiger partial charge in [-0.1, -0.05) is 0 Å². The van der Waals surface area contributed by atoms with Gasteiger partial charge in [0.05, 0.1) is 5.56 Å². The SMILES string of the molecule is CC(C)(C)OC(=O)N1CC2CCC(C1)N2c1ccc(C(=O)O)c(F)c1. The van der Waals surface area contributed by atoms with Gasteiger partial charge in [-0.25, -0.2) is 14.0 Å². The summed E-state index contributed by atoms with van der Waals surface area (Å²) in [5, 5.41) is 8.96. The lowest BCUT2D eigenvalue weighted by Gasteiger charge is -2.42. The predicted octanol–water partition coefficient (Wildman–Crippen LogP) is 3.11. The van der Waals surface area contributed by atoms with Crippen LogP contribution in [0.1, 0.15) is 44.0 Å². The third-order valence-corrected chi connectivity index (χ3v) is 4.62. The predicted molar refractivity (Wildman–Crippen MR) is 90.5 cm³/mol. The maximum absolute atomic E-state index is 14.0. The Hall–Kier alpha value is -2.31. The van der Waals surface area contributed by atoms with E-state index in [9.17, 15) is 14.0 Å². The number of ether oxygens (including phenoxy) is 1. The van der Waals surface area contributed by atoms with E-state index in [2.05, 4.69) is 4.90 Å². The molecule has 1 amide bonds. The van der Waals surface area contributed by atoms with Gasteiger partial charge in [0, 0.05) is 30.9 Å². The van der Waals surface area contributed by atoms with Crippen molar-refractivity contribution >= 4 is 17.7 Å². The molecule has 0 radical (unpaired) electrons. The summed E-state index contributed by atoms with van der Waals surface area (Å²) in [6, 6.07) is 4.38. The number of hydrogen-bond acceptors (Lipinski definition) is 4. The highest BCUT2D eigenvalue weighted by atomic mass is 19.1. The molecule has 25 heavy (non-hydrogen) atoms. The van der Waals surface area contributed by atoms with Crippen molar-refractivity contribution in [2.75, 3.05) is 18.0 Å². The standard InChI is InChI=1S/C18H23FN2O4/c1-18(2,3)25-17(24)20-9-12-4-5-13(10-20)21(12)11-6-7-14(16(22)23)15(19)8-11/h6-8,12-13H,4-5,9-10H2,1-3H3,(H,22,23). The molecule has 2 unspecified atom stereocenters. The van der Waals surface area contributed by atoms with Crippen LogP contribution in [0.4, 0.5) is 14.9 Å². The summed E-state index contributed by atoms with van der Waals surface area (Å²) in [5.74, 6) is -2.01. The minimum atomic E-state index is -1.28. The Labute approximate surface area is 146 Å². The number of benzene rings is 1. The summed E-state index contributed by atoms with van der Waals surface area (Å²) in [4.78, 5) is 27.1. The maximum Gasteiger partial charge on any atom is 0.410 e. The minimum absolute atomic E-state index is 0.0846. The smallest absolute Gasteiger partial charge is 0.410 e. The largest absolute Gasteiger partial charge is 0.478 e. The molecular weight excluding hydrogens is 327 g/mol. The number of halogens is 1. The molecule has 3 rings (SSSR count). The summed E-state index contributed by atoms with van der Waals surface area (Å²) in [6.45, 7) is 6.55. The van der Waals surface area contributed by atoms with Gasteiger partial charge in [-0.2, -0.15) is 0 Å². The maximum atomic E-state index is 14.0. The number of carboxylic acid groups (broad SMARTS) is 1. The molecule has 136 valence electrons. The number of hydrogen-bond donors (Lipinski definition) is 1. The molecule has 1 aromatic carbocycles. The third kappa shape index (κ3) is 3.55. The molecule has 0 spiro atoms. The monoisotopic (exact) mass is 350 g/mol. The van der Waals surface area contributed by atoms with Crippen LogP contribution in [0.2, 0.25) is 0 Å². The normalized spacial score (nSPS) is 22.9. The van der Waals surface area contributed by atoms with E-state index in [1.54, 1.807) is 11.0 Å². The van der Waals surface area contributed by atoms with E-state index in [0.717, 1.165) is 12.8 Å². The molecule has 2 saturated heterocycles. The Kier molecular flexibility index (Phi) is 4.34. The van der Waals surface area contributed by atoms with Gasteiger partial charge in [0.1, 0.15) is 11.4 Å². The van der Waals surface area contributed by atoms with Crippen LogP contribution in [0.5, 0.6) is 0 Å². The molecule has 1 N–H and O–H groups in total. The van der Waals surface area contributed by atoms with E-state index in [-0.39, 0.29) is 23.7 Å². The third-order valence-electron chi connectivity index (χ3n) is 4.62. The summed E-state index contributed by atoms with van der Waals surface area (Å²) < 4.78 is 19.5. The fraction of sp³-hybridized carbons (Fsp3) is 0.556. The van der Waals surface area contributed by atoms with Gasteiger partial charge in [-0.05, 0) is 51.8 Å². The molecule has 6 nitrogen and oxygen atoms in total.